The van der Waals surface area contributed by atoms with Crippen LogP contribution in [0.5, 0.6) is 6.01 Å². The van der Waals surface area contributed by atoms with Gasteiger partial charge in [-0.2, -0.15) is 0 Å². The summed E-state index contributed by atoms with van der Waals surface area (Å²) in [6, 6.07) is 0.111. The van der Waals surface area contributed by atoms with Gasteiger partial charge >= 0.3 is 35.6 Å². The summed E-state index contributed by atoms with van der Waals surface area (Å²) in [5.41, 5.74) is 0. The van der Waals surface area contributed by atoms with Crippen molar-refractivity contribution in [2.45, 2.75) is 0 Å². The Bertz CT molecular complexity index is 168. The molecule has 44 valence electrons. The van der Waals surface area contributed by atoms with Gasteiger partial charge < -0.3 is 6.41 Å². The Hall–Kier alpha value is -0.390. The van der Waals surface area contributed by atoms with E-state index in [0.29, 0.717) is 0 Å². The van der Waals surface area contributed by atoms with E-state index in [2.05, 4.69) is 20.1 Å². The smallest absolute Gasteiger partial charge is 1.00 e. The minimum Gasteiger partial charge on any atom is -1.00 e. The van der Waals surface area contributed by atoms with Crippen LogP contribution in [-0.4, -0.2) is 9.97 Å². The number of nitrogens with one attached hydrogen (secondary N) is 1. The van der Waals surface area contributed by atoms with Crippen molar-refractivity contribution in [3.8, 4) is 6.01 Å². The third-order valence-electron chi connectivity index (χ3n) is 0.597. The monoisotopic (exact) mass is 137 g/mol. The van der Waals surface area contributed by atoms with Gasteiger partial charge in [0, 0.05) is 12.4 Å². The molecule has 0 saturated carbocycles. The van der Waals surface area contributed by atoms with Crippen molar-refractivity contribution in [2.24, 2.45) is 5.34 Å². The zero-order chi connectivity index (χ0) is 5.82. The van der Waals surface area contributed by atoms with Crippen molar-refractivity contribution in [1.82, 2.24) is 9.97 Å². The first kappa shape index (κ1) is 8.61. The van der Waals surface area contributed by atoms with Crippen molar-refractivity contribution in [1.29, 1.82) is 0 Å². The number of H-pyrrole nitrogens is 1. The van der Waals surface area contributed by atoms with E-state index in [-0.39, 0.29) is 37.0 Å². The topological polar surface area (TPSA) is 67.3 Å². The van der Waals surface area contributed by atoms with Crippen LogP contribution in [0.4, 0.5) is 0 Å². The summed E-state index contributed by atoms with van der Waals surface area (Å²) in [4.78, 5) is 19.4. The van der Waals surface area contributed by atoms with Crippen molar-refractivity contribution >= 4 is 0 Å². The molecule has 1 heterocycles. The van der Waals surface area contributed by atoms with Gasteiger partial charge in [-0.3, -0.25) is 4.84 Å². The van der Waals surface area contributed by atoms with Crippen LogP contribution in [-0.2, 0) is 0 Å². The Balaban J connectivity index is 0. The first-order valence-corrected chi connectivity index (χ1v) is 1.92. The second-order valence-electron chi connectivity index (χ2n) is 1.06. The molecule has 0 aliphatic carbocycles. The number of aromatic nitrogens is 2. The number of rotatable bonds is 2. The summed E-state index contributed by atoms with van der Waals surface area (Å²) in [6.45, 7) is 0. The number of nitrogens with zero attached hydrogens (tertiary/aromatic N) is 2. The molecule has 6 heteroatoms. The molecule has 0 bridgehead atoms. The molecule has 0 spiro atoms. The number of hydrogen-bond acceptors (Lipinski definition) is 4. The molecule has 0 atom stereocenters. The summed E-state index contributed by atoms with van der Waals surface area (Å²) in [6.07, 6.45) is 2.99. The molecule has 1 rings (SSSR count). The zero-order valence-electron chi connectivity index (χ0n) is 5.87. The van der Waals surface area contributed by atoms with E-state index in [4.69, 9.17) is 0 Å². The fraction of sp³-hybridized carbons (Fsp3) is 0. The van der Waals surface area contributed by atoms with Gasteiger partial charge in [0.05, 0.1) is 0 Å². The van der Waals surface area contributed by atoms with Crippen LogP contribution in [0.3, 0.4) is 0 Å². The maximum atomic E-state index is 9.34. The molecule has 1 aromatic heterocycles. The number of imidazole rings is 1. The second kappa shape index (κ2) is 4.49. The van der Waals surface area contributed by atoms with E-state index in [1.165, 1.54) is 12.4 Å². The van der Waals surface area contributed by atoms with E-state index >= 15 is 0 Å². The average Bonchev–Trinajstić information content (AvgIpc) is 2.19. The Morgan fingerprint density at radius 3 is 3.11 bits per heavy atom. The molecule has 0 saturated heterocycles. The molecule has 0 aromatic carbocycles. The molecule has 0 fully saturated rings. The fourth-order valence-corrected chi connectivity index (χ4v) is 0.336. The maximum absolute atomic E-state index is 9.34. The minimum atomic E-state index is 0. The molecule has 0 aliphatic heterocycles. The predicted molar refractivity (Wildman–Crippen MR) is 26.1 cm³/mol. The Kier molecular flexibility index (Phi) is 4.29. The van der Waals surface area contributed by atoms with Crippen molar-refractivity contribution < 1.29 is 35.8 Å². The van der Waals surface area contributed by atoms with Gasteiger partial charge in [-0.1, -0.05) is 0 Å². The molecular weight excluding hydrogens is 133 g/mol. The molecule has 0 amide bonds. The largest absolute Gasteiger partial charge is 1.00 e. The summed E-state index contributed by atoms with van der Waals surface area (Å²) in [5, 5.41) is 2.13. The Labute approximate surface area is 74.5 Å². The predicted octanol–water partition coefficient (Wildman–Crippen LogP) is -2.41. The van der Waals surface area contributed by atoms with E-state index in [1.54, 1.807) is 0 Å². The van der Waals surface area contributed by atoms with E-state index in [1.807, 2.05) is 0 Å². The van der Waals surface area contributed by atoms with Crippen LogP contribution in [0.2, 0.25) is 0 Å². The second-order valence-corrected chi connectivity index (χ2v) is 1.06. The summed E-state index contributed by atoms with van der Waals surface area (Å²) >= 11 is 0. The quantitative estimate of drug-likeness (QED) is 0.280. The van der Waals surface area contributed by atoms with Crippen LogP contribution in [0.25, 0.3) is 0 Å². The van der Waals surface area contributed by atoms with Gasteiger partial charge in [-0.15, -0.1) is 4.91 Å². The first-order chi connectivity index (χ1) is 3.93. The van der Waals surface area contributed by atoms with E-state index in [9.17, 15) is 4.91 Å². The van der Waals surface area contributed by atoms with Gasteiger partial charge in [0.15, 0.2) is 5.34 Å². The molecule has 1 N–H and O–H groups in total. The summed E-state index contributed by atoms with van der Waals surface area (Å²) in [5.74, 6) is 0. The SMILES string of the molecule is O=NOc1ncc[nH]1.[H-].[Na+]. The molecule has 9 heavy (non-hydrogen) atoms. The van der Waals surface area contributed by atoms with E-state index in [0.717, 1.165) is 0 Å². The van der Waals surface area contributed by atoms with Crippen LogP contribution in [0, 0.1) is 4.91 Å². The molecule has 0 aliphatic rings. The van der Waals surface area contributed by atoms with Gasteiger partial charge in [0.25, 0.3) is 0 Å². The maximum Gasteiger partial charge on any atom is 1.00 e. The fourth-order valence-electron chi connectivity index (χ4n) is 0.336. The normalized spacial score (nSPS) is 7.56. The number of aromatic amines is 1. The molecule has 1 aromatic rings. The minimum absolute atomic E-state index is 0. The van der Waals surface area contributed by atoms with Gasteiger partial charge in [0.1, 0.15) is 0 Å². The van der Waals surface area contributed by atoms with Crippen LogP contribution < -0.4 is 34.4 Å². The summed E-state index contributed by atoms with van der Waals surface area (Å²) < 4.78 is 0. The molecule has 5 nitrogen and oxygen atoms in total. The number of hydrogen-bond donors (Lipinski definition) is 1. The Morgan fingerprint density at radius 2 is 2.67 bits per heavy atom. The van der Waals surface area contributed by atoms with Gasteiger partial charge in [-0.25, -0.2) is 4.98 Å². The molecule has 0 unspecified atom stereocenters. The van der Waals surface area contributed by atoms with Crippen LogP contribution in [0.15, 0.2) is 17.7 Å². The standard InChI is InChI=1S/C3H3N3O2.Na.H/c7-6-8-3-4-1-2-5-3;;/h1-2H,(H,4,5);;/q;+1;-1. The van der Waals surface area contributed by atoms with E-state index < -0.39 is 0 Å². The van der Waals surface area contributed by atoms with Crippen LogP contribution >= 0.6 is 0 Å². The average molecular weight is 137 g/mol. The zero-order valence-corrected chi connectivity index (χ0v) is 6.87. The van der Waals surface area contributed by atoms with Gasteiger partial charge in [0.2, 0.25) is 0 Å². The third kappa shape index (κ3) is 2.59. The third-order valence-corrected chi connectivity index (χ3v) is 0.597. The Morgan fingerprint density at radius 1 is 1.89 bits per heavy atom. The van der Waals surface area contributed by atoms with Crippen LogP contribution in [0.1, 0.15) is 1.43 Å². The first-order valence-electron chi connectivity index (χ1n) is 1.92. The van der Waals surface area contributed by atoms with Crippen molar-refractivity contribution in [3.05, 3.63) is 17.3 Å². The van der Waals surface area contributed by atoms with Crippen molar-refractivity contribution in [2.75, 3.05) is 0 Å². The molecule has 0 radical (unpaired) electrons. The van der Waals surface area contributed by atoms with Gasteiger partial charge in [-0.05, 0) is 0 Å². The molecular formula is C3H4N3NaO2. The van der Waals surface area contributed by atoms with Crippen molar-refractivity contribution in [3.63, 3.8) is 0 Å². The summed E-state index contributed by atoms with van der Waals surface area (Å²) in [7, 11) is 0.